The molecule has 8 nitrogen and oxygen atoms in total. The second-order valence-corrected chi connectivity index (χ2v) is 9.67. The van der Waals surface area contributed by atoms with E-state index in [2.05, 4.69) is 50.5 Å². The van der Waals surface area contributed by atoms with Crippen molar-refractivity contribution in [1.82, 2.24) is 15.3 Å². The van der Waals surface area contributed by atoms with Crippen molar-refractivity contribution in [2.75, 3.05) is 23.7 Å². The molecule has 0 spiro atoms. The fourth-order valence-electron chi connectivity index (χ4n) is 4.60. The van der Waals surface area contributed by atoms with Crippen LogP contribution in [0.4, 0.5) is 17.3 Å². The van der Waals surface area contributed by atoms with Gasteiger partial charge in [-0.15, -0.1) is 0 Å². The number of carbonyl (C=O) groups excluding carboxylic acids is 2. The van der Waals surface area contributed by atoms with Gasteiger partial charge in [-0.1, -0.05) is 25.6 Å². The van der Waals surface area contributed by atoms with Crippen molar-refractivity contribution in [3.63, 3.8) is 0 Å². The lowest BCUT2D eigenvalue weighted by atomic mass is 9.81. The predicted octanol–water partition coefficient (Wildman–Crippen LogP) is 4.68. The minimum absolute atomic E-state index is 0.0260. The first-order valence-electron chi connectivity index (χ1n) is 12.5. The van der Waals surface area contributed by atoms with Crippen LogP contribution < -0.4 is 16.0 Å². The third kappa shape index (κ3) is 6.65. The van der Waals surface area contributed by atoms with E-state index in [-0.39, 0.29) is 17.7 Å². The molecule has 8 heteroatoms. The Morgan fingerprint density at radius 2 is 1.97 bits per heavy atom. The zero-order valence-corrected chi connectivity index (χ0v) is 21.0. The topological polar surface area (TPSA) is 108 Å². The molecule has 2 aromatic rings. The summed E-state index contributed by atoms with van der Waals surface area (Å²) >= 11 is 0. The minimum atomic E-state index is -0.148. The van der Waals surface area contributed by atoms with E-state index in [0.29, 0.717) is 24.3 Å². The van der Waals surface area contributed by atoms with Crippen molar-refractivity contribution < 1.29 is 9.59 Å². The van der Waals surface area contributed by atoms with Gasteiger partial charge in [-0.2, -0.15) is 0 Å². The van der Waals surface area contributed by atoms with E-state index in [0.717, 1.165) is 60.4 Å². The van der Waals surface area contributed by atoms with Crippen LogP contribution in [-0.4, -0.2) is 41.1 Å². The third-order valence-corrected chi connectivity index (χ3v) is 6.76. The zero-order valence-electron chi connectivity index (χ0n) is 21.0. The predicted molar refractivity (Wildman–Crippen MR) is 144 cm³/mol. The normalized spacial score (nSPS) is 21.3. The number of benzene rings is 1. The number of hydrogen-bond donors (Lipinski definition) is 3. The summed E-state index contributed by atoms with van der Waals surface area (Å²) in [6, 6.07) is 7.69. The number of nitrogens with one attached hydrogen (secondary N) is 3. The number of aliphatic imine (C=N–C) groups is 1. The molecule has 1 fully saturated rings. The number of amides is 2. The molecule has 1 aliphatic carbocycles. The molecule has 0 radical (unpaired) electrons. The van der Waals surface area contributed by atoms with E-state index < -0.39 is 0 Å². The number of carbonyl (C=O) groups is 2. The molecule has 1 atom stereocenters. The number of nitrogens with zero attached hydrogens (tertiary/aromatic N) is 3. The van der Waals surface area contributed by atoms with Crippen LogP contribution in [0.25, 0.3) is 5.57 Å². The Bertz CT molecular complexity index is 1180. The molecule has 188 valence electrons. The minimum Gasteiger partial charge on any atom is -0.352 e. The molecule has 0 bridgehead atoms. The van der Waals surface area contributed by atoms with Gasteiger partial charge in [0.25, 0.3) is 0 Å². The molecule has 4 rings (SSSR count). The SMILES string of the molecule is C=CC(=O)NCC1CCC(C(=O)Nc2ccc(C)c(Nc3nccc(C4=CC(C)CN=C4)n3)c2)CC1. The van der Waals surface area contributed by atoms with Crippen molar-refractivity contribution in [1.29, 1.82) is 0 Å². The Labute approximate surface area is 212 Å². The highest BCUT2D eigenvalue weighted by molar-refractivity contribution is 6.09. The quantitative estimate of drug-likeness (QED) is 0.470. The van der Waals surface area contributed by atoms with E-state index in [1.807, 2.05) is 37.4 Å². The molecule has 1 saturated carbocycles. The van der Waals surface area contributed by atoms with Crippen LogP contribution in [0.15, 0.2) is 54.2 Å². The largest absolute Gasteiger partial charge is 0.352 e. The van der Waals surface area contributed by atoms with E-state index >= 15 is 0 Å². The smallest absolute Gasteiger partial charge is 0.243 e. The molecule has 2 amide bonds. The van der Waals surface area contributed by atoms with Crippen LogP contribution in [-0.2, 0) is 9.59 Å². The summed E-state index contributed by atoms with van der Waals surface area (Å²) in [5, 5.41) is 9.24. The summed E-state index contributed by atoms with van der Waals surface area (Å²) in [4.78, 5) is 37.8. The van der Waals surface area contributed by atoms with Crippen molar-refractivity contribution in [2.45, 2.75) is 39.5 Å². The van der Waals surface area contributed by atoms with Gasteiger partial charge in [0.2, 0.25) is 17.8 Å². The molecule has 1 unspecified atom stereocenters. The molecular weight excluding hydrogens is 452 g/mol. The number of aryl methyl sites for hydroxylation is 1. The second-order valence-electron chi connectivity index (χ2n) is 9.67. The van der Waals surface area contributed by atoms with E-state index in [9.17, 15) is 9.59 Å². The van der Waals surface area contributed by atoms with Crippen LogP contribution in [0, 0.1) is 24.7 Å². The van der Waals surface area contributed by atoms with Crippen LogP contribution in [0.3, 0.4) is 0 Å². The van der Waals surface area contributed by atoms with Gasteiger partial charge in [-0.25, -0.2) is 9.97 Å². The number of allylic oxidation sites excluding steroid dienone is 1. The van der Waals surface area contributed by atoms with Gasteiger partial charge in [0.15, 0.2) is 0 Å². The maximum Gasteiger partial charge on any atom is 0.243 e. The average Bonchev–Trinajstić information content (AvgIpc) is 2.89. The van der Waals surface area contributed by atoms with Gasteiger partial charge in [-0.3, -0.25) is 14.6 Å². The van der Waals surface area contributed by atoms with Crippen molar-refractivity contribution >= 4 is 40.9 Å². The summed E-state index contributed by atoms with van der Waals surface area (Å²) in [5.41, 5.74) is 4.42. The fraction of sp³-hybridized carbons (Fsp3) is 0.393. The summed E-state index contributed by atoms with van der Waals surface area (Å²) in [6.45, 7) is 9.05. The lowest BCUT2D eigenvalue weighted by molar-refractivity contribution is -0.121. The number of aromatic nitrogens is 2. The highest BCUT2D eigenvalue weighted by atomic mass is 16.2. The Balaban J connectivity index is 1.36. The zero-order chi connectivity index (χ0) is 25.5. The highest BCUT2D eigenvalue weighted by Crippen LogP contribution is 2.30. The Hall–Kier alpha value is -3.81. The van der Waals surface area contributed by atoms with Gasteiger partial charge < -0.3 is 16.0 Å². The Morgan fingerprint density at radius 3 is 2.72 bits per heavy atom. The first-order chi connectivity index (χ1) is 17.4. The van der Waals surface area contributed by atoms with Crippen LogP contribution in [0.5, 0.6) is 0 Å². The maximum atomic E-state index is 12.9. The summed E-state index contributed by atoms with van der Waals surface area (Å²) in [7, 11) is 0. The number of rotatable bonds is 8. The molecule has 0 saturated heterocycles. The van der Waals surface area contributed by atoms with E-state index in [4.69, 9.17) is 0 Å². The number of anilines is 3. The molecule has 36 heavy (non-hydrogen) atoms. The summed E-state index contributed by atoms with van der Waals surface area (Å²) in [5.74, 6) is 1.14. The number of hydrogen-bond acceptors (Lipinski definition) is 6. The Morgan fingerprint density at radius 1 is 1.17 bits per heavy atom. The van der Waals surface area contributed by atoms with Gasteiger partial charge in [0.1, 0.15) is 0 Å². The third-order valence-electron chi connectivity index (χ3n) is 6.76. The van der Waals surface area contributed by atoms with Gasteiger partial charge in [0.05, 0.1) is 5.69 Å². The molecule has 1 aliphatic heterocycles. The first kappa shape index (κ1) is 25.3. The molecular formula is C28H34N6O2. The van der Waals surface area contributed by atoms with E-state index in [1.54, 1.807) is 6.20 Å². The van der Waals surface area contributed by atoms with Gasteiger partial charge >= 0.3 is 0 Å². The van der Waals surface area contributed by atoms with Crippen molar-refractivity contribution in [2.24, 2.45) is 22.7 Å². The Kier molecular flexibility index (Phi) is 8.25. The highest BCUT2D eigenvalue weighted by Gasteiger charge is 2.26. The van der Waals surface area contributed by atoms with Gasteiger partial charge in [-0.05, 0) is 74.3 Å². The van der Waals surface area contributed by atoms with E-state index in [1.165, 1.54) is 6.08 Å². The van der Waals surface area contributed by atoms with Crippen LogP contribution in [0.2, 0.25) is 0 Å². The number of dihydropyridines is 1. The maximum absolute atomic E-state index is 12.9. The average molecular weight is 487 g/mol. The molecule has 1 aromatic carbocycles. The monoisotopic (exact) mass is 486 g/mol. The summed E-state index contributed by atoms with van der Waals surface area (Å²) in [6.07, 6.45) is 10.5. The van der Waals surface area contributed by atoms with Gasteiger partial charge in [0, 0.05) is 48.4 Å². The molecule has 3 N–H and O–H groups in total. The first-order valence-corrected chi connectivity index (χ1v) is 12.5. The standard InChI is InChI=1S/C28H34N6O2/c1-4-26(35)31-16-20-6-8-21(9-7-20)27(36)32-23-10-5-19(3)25(14-23)34-28-30-12-11-24(33-28)22-13-18(2)15-29-17-22/h4-5,10-14,17-18,20-21H,1,6-9,15-16H2,2-3H3,(H,31,35)(H,32,36)(H,30,33,34). The van der Waals surface area contributed by atoms with Crippen LogP contribution in [0.1, 0.15) is 43.9 Å². The lowest BCUT2D eigenvalue weighted by Crippen LogP contribution is -2.33. The van der Waals surface area contributed by atoms with Crippen molar-refractivity contribution in [3.8, 4) is 0 Å². The second kappa shape index (κ2) is 11.7. The van der Waals surface area contributed by atoms with Crippen LogP contribution >= 0.6 is 0 Å². The lowest BCUT2D eigenvalue weighted by Gasteiger charge is -2.27. The summed E-state index contributed by atoms with van der Waals surface area (Å²) < 4.78 is 0. The molecule has 1 aromatic heterocycles. The molecule has 2 heterocycles. The fourth-order valence-corrected chi connectivity index (χ4v) is 4.60. The molecule has 2 aliphatic rings. The van der Waals surface area contributed by atoms with Crippen molar-refractivity contribution in [3.05, 3.63) is 60.5 Å².